The van der Waals surface area contributed by atoms with E-state index in [9.17, 15) is 4.79 Å². The van der Waals surface area contributed by atoms with E-state index in [1.165, 1.54) is 6.42 Å². The lowest BCUT2D eigenvalue weighted by Crippen LogP contribution is -2.33. The van der Waals surface area contributed by atoms with E-state index in [2.05, 4.69) is 5.32 Å². The Hall–Kier alpha value is -0.610. The summed E-state index contributed by atoms with van der Waals surface area (Å²) in [7, 11) is 0. The van der Waals surface area contributed by atoms with Gasteiger partial charge in [0.15, 0.2) is 6.29 Å². The second-order valence-electron chi connectivity index (χ2n) is 3.93. The molecule has 2 saturated heterocycles. The highest BCUT2D eigenvalue weighted by molar-refractivity contribution is 5.78. The number of carbonyl (C=O) groups is 1. The average molecular weight is 199 g/mol. The lowest BCUT2D eigenvalue weighted by molar-refractivity contribution is -0.165. The zero-order valence-corrected chi connectivity index (χ0v) is 8.33. The molecule has 4 heteroatoms. The first-order valence-corrected chi connectivity index (χ1v) is 5.37. The molecule has 0 aliphatic carbocycles. The van der Waals surface area contributed by atoms with Crippen molar-refractivity contribution in [1.29, 1.82) is 0 Å². The molecule has 0 aromatic heterocycles. The molecule has 2 rings (SSSR count). The van der Waals surface area contributed by atoms with Crippen LogP contribution in [0.15, 0.2) is 0 Å². The van der Waals surface area contributed by atoms with Crippen molar-refractivity contribution in [2.75, 3.05) is 13.2 Å². The maximum absolute atomic E-state index is 10.9. The molecule has 0 bridgehead atoms. The number of hydrogen-bond donors (Lipinski definition) is 1. The summed E-state index contributed by atoms with van der Waals surface area (Å²) >= 11 is 0. The zero-order valence-electron chi connectivity index (χ0n) is 8.33. The van der Waals surface area contributed by atoms with E-state index in [0.29, 0.717) is 13.0 Å². The highest BCUT2D eigenvalue weighted by atomic mass is 16.7. The third-order valence-corrected chi connectivity index (χ3v) is 2.71. The van der Waals surface area contributed by atoms with Crippen LogP contribution in [0.4, 0.5) is 0 Å². The van der Waals surface area contributed by atoms with Gasteiger partial charge in [0.05, 0.1) is 12.6 Å². The normalized spacial score (nSPS) is 33.0. The van der Waals surface area contributed by atoms with Gasteiger partial charge in [-0.25, -0.2) is 0 Å². The SMILES string of the molecule is O=C1CC[C@@H](CO[C@H]2CCCCO2)N1. The second kappa shape index (κ2) is 4.75. The number of amides is 1. The fraction of sp³-hybridized carbons (Fsp3) is 0.900. The summed E-state index contributed by atoms with van der Waals surface area (Å²) in [6, 6.07) is 0.202. The topological polar surface area (TPSA) is 47.6 Å². The van der Waals surface area contributed by atoms with Gasteiger partial charge in [0.2, 0.25) is 5.91 Å². The first-order valence-electron chi connectivity index (χ1n) is 5.37. The number of nitrogens with one attached hydrogen (secondary N) is 1. The van der Waals surface area contributed by atoms with Crippen molar-refractivity contribution in [1.82, 2.24) is 5.32 Å². The molecule has 2 aliphatic rings. The largest absolute Gasteiger partial charge is 0.353 e. The first kappa shape index (κ1) is 9.93. The maximum Gasteiger partial charge on any atom is 0.220 e. The monoisotopic (exact) mass is 199 g/mol. The molecular weight excluding hydrogens is 182 g/mol. The molecule has 1 N–H and O–H groups in total. The van der Waals surface area contributed by atoms with Gasteiger partial charge < -0.3 is 14.8 Å². The fourth-order valence-electron chi connectivity index (χ4n) is 1.87. The lowest BCUT2D eigenvalue weighted by atomic mass is 10.2. The van der Waals surface area contributed by atoms with Crippen LogP contribution in [0.25, 0.3) is 0 Å². The van der Waals surface area contributed by atoms with Crippen molar-refractivity contribution < 1.29 is 14.3 Å². The molecular formula is C10H17NO3. The summed E-state index contributed by atoms with van der Waals surface area (Å²) in [6.45, 7) is 1.40. The molecule has 4 nitrogen and oxygen atoms in total. The Kier molecular flexibility index (Phi) is 3.37. The van der Waals surface area contributed by atoms with Gasteiger partial charge >= 0.3 is 0 Å². The van der Waals surface area contributed by atoms with Crippen LogP contribution in [0.1, 0.15) is 32.1 Å². The molecule has 2 atom stereocenters. The maximum atomic E-state index is 10.9. The molecule has 0 aromatic carbocycles. The third-order valence-electron chi connectivity index (χ3n) is 2.71. The highest BCUT2D eigenvalue weighted by Crippen LogP contribution is 2.15. The predicted molar refractivity (Wildman–Crippen MR) is 50.7 cm³/mol. The molecule has 2 heterocycles. The van der Waals surface area contributed by atoms with E-state index in [-0.39, 0.29) is 18.2 Å². The molecule has 80 valence electrons. The van der Waals surface area contributed by atoms with E-state index in [4.69, 9.17) is 9.47 Å². The van der Waals surface area contributed by atoms with Crippen molar-refractivity contribution in [3.05, 3.63) is 0 Å². The molecule has 1 amide bonds. The van der Waals surface area contributed by atoms with Crippen LogP contribution >= 0.6 is 0 Å². The quantitative estimate of drug-likeness (QED) is 0.731. The zero-order chi connectivity index (χ0) is 9.80. The standard InChI is InChI=1S/C10H17NO3/c12-9-5-4-8(11-9)7-14-10-3-1-2-6-13-10/h8,10H,1-7H2,(H,11,12)/t8-,10-/m0/s1. The van der Waals surface area contributed by atoms with Crippen molar-refractivity contribution in [3.63, 3.8) is 0 Å². The minimum atomic E-state index is -0.0405. The fourth-order valence-corrected chi connectivity index (χ4v) is 1.87. The van der Waals surface area contributed by atoms with Crippen molar-refractivity contribution in [3.8, 4) is 0 Å². The number of hydrogen-bond acceptors (Lipinski definition) is 3. The van der Waals surface area contributed by atoms with Crippen molar-refractivity contribution in [2.24, 2.45) is 0 Å². The van der Waals surface area contributed by atoms with Crippen LogP contribution in [0.3, 0.4) is 0 Å². The van der Waals surface area contributed by atoms with Gasteiger partial charge in [0, 0.05) is 13.0 Å². The van der Waals surface area contributed by atoms with Gasteiger partial charge in [-0.1, -0.05) is 0 Å². The van der Waals surface area contributed by atoms with Gasteiger partial charge in [-0.05, 0) is 25.7 Å². The minimum Gasteiger partial charge on any atom is -0.353 e. The smallest absolute Gasteiger partial charge is 0.220 e. The van der Waals surface area contributed by atoms with Crippen LogP contribution in [0, 0.1) is 0 Å². The van der Waals surface area contributed by atoms with E-state index < -0.39 is 0 Å². The van der Waals surface area contributed by atoms with Crippen molar-refractivity contribution >= 4 is 5.91 Å². The first-order chi connectivity index (χ1) is 6.84. The van der Waals surface area contributed by atoms with E-state index >= 15 is 0 Å². The molecule has 2 fully saturated rings. The summed E-state index contributed by atoms with van der Waals surface area (Å²) < 4.78 is 11.0. The van der Waals surface area contributed by atoms with Gasteiger partial charge in [0.25, 0.3) is 0 Å². The molecule has 0 spiro atoms. The molecule has 0 aromatic rings. The van der Waals surface area contributed by atoms with Crippen LogP contribution in [-0.4, -0.2) is 31.5 Å². The summed E-state index contributed by atoms with van der Waals surface area (Å²) in [4.78, 5) is 10.9. The Labute approximate surface area is 84.0 Å². The molecule has 0 radical (unpaired) electrons. The number of ether oxygens (including phenoxy) is 2. The average Bonchev–Trinajstić information content (AvgIpc) is 2.63. The number of carbonyl (C=O) groups excluding carboxylic acids is 1. The molecule has 0 saturated carbocycles. The molecule has 0 unspecified atom stereocenters. The van der Waals surface area contributed by atoms with E-state index in [0.717, 1.165) is 25.9 Å². The van der Waals surface area contributed by atoms with Gasteiger partial charge in [-0.2, -0.15) is 0 Å². The third kappa shape index (κ3) is 2.69. The Morgan fingerprint density at radius 1 is 1.43 bits per heavy atom. The Bertz CT molecular complexity index is 202. The van der Waals surface area contributed by atoms with E-state index in [1.807, 2.05) is 0 Å². The summed E-state index contributed by atoms with van der Waals surface area (Å²) in [5, 5.41) is 2.87. The Balaban J connectivity index is 1.63. The van der Waals surface area contributed by atoms with Crippen LogP contribution in [-0.2, 0) is 14.3 Å². The predicted octanol–water partition coefficient (Wildman–Crippen LogP) is 0.808. The highest BCUT2D eigenvalue weighted by Gasteiger charge is 2.22. The summed E-state index contributed by atoms with van der Waals surface area (Å²) in [6.07, 6.45) is 4.80. The Morgan fingerprint density at radius 3 is 3.00 bits per heavy atom. The summed E-state index contributed by atoms with van der Waals surface area (Å²) in [5.74, 6) is 0.142. The minimum absolute atomic E-state index is 0.0405. The van der Waals surface area contributed by atoms with Gasteiger partial charge in [0.1, 0.15) is 0 Å². The van der Waals surface area contributed by atoms with Crippen LogP contribution < -0.4 is 5.32 Å². The van der Waals surface area contributed by atoms with Crippen LogP contribution in [0.5, 0.6) is 0 Å². The van der Waals surface area contributed by atoms with Crippen molar-refractivity contribution in [2.45, 2.75) is 44.4 Å². The van der Waals surface area contributed by atoms with Gasteiger partial charge in [-0.15, -0.1) is 0 Å². The summed E-state index contributed by atoms with van der Waals surface area (Å²) in [5.41, 5.74) is 0. The Morgan fingerprint density at radius 2 is 2.36 bits per heavy atom. The van der Waals surface area contributed by atoms with Gasteiger partial charge in [-0.3, -0.25) is 4.79 Å². The lowest BCUT2D eigenvalue weighted by Gasteiger charge is -2.24. The number of rotatable bonds is 3. The van der Waals surface area contributed by atoms with E-state index in [1.54, 1.807) is 0 Å². The molecule has 14 heavy (non-hydrogen) atoms. The second-order valence-corrected chi connectivity index (χ2v) is 3.93. The van der Waals surface area contributed by atoms with Crippen LogP contribution in [0.2, 0.25) is 0 Å². The molecule has 2 aliphatic heterocycles.